The Hall–Kier alpha value is -3.30. The van der Waals surface area contributed by atoms with E-state index in [9.17, 15) is 22.8 Å². The fourth-order valence-corrected chi connectivity index (χ4v) is 2.90. The van der Waals surface area contributed by atoms with Crippen molar-refractivity contribution in [1.29, 1.82) is 0 Å². The number of aromatic nitrogens is 1. The molecule has 0 radical (unpaired) electrons. The zero-order valence-corrected chi connectivity index (χ0v) is 15.4. The number of amides is 3. The maximum absolute atomic E-state index is 12.5. The minimum Gasteiger partial charge on any atom is -0.368 e. The van der Waals surface area contributed by atoms with E-state index in [2.05, 4.69) is 20.5 Å². The van der Waals surface area contributed by atoms with Gasteiger partial charge in [0.15, 0.2) is 0 Å². The Morgan fingerprint density at radius 3 is 2.28 bits per heavy atom. The van der Waals surface area contributed by atoms with Gasteiger partial charge in [-0.1, -0.05) is 18.2 Å². The zero-order chi connectivity index (χ0) is 20.9. The summed E-state index contributed by atoms with van der Waals surface area (Å²) in [5, 5.41) is 4.86. The fourth-order valence-electron chi connectivity index (χ4n) is 2.90. The summed E-state index contributed by atoms with van der Waals surface area (Å²) in [6, 6.07) is 11.4. The first-order chi connectivity index (χ1) is 13.8. The van der Waals surface area contributed by atoms with Gasteiger partial charge in [-0.15, -0.1) is 0 Å². The molecule has 0 bridgehead atoms. The molecule has 1 aliphatic rings. The molecule has 0 aliphatic carbocycles. The molecule has 0 spiro atoms. The largest absolute Gasteiger partial charge is 0.417 e. The predicted octanol–water partition coefficient (Wildman–Crippen LogP) is 2.57. The van der Waals surface area contributed by atoms with Crippen LogP contribution in [0, 0.1) is 0 Å². The van der Waals surface area contributed by atoms with Gasteiger partial charge >= 0.3 is 12.2 Å². The molecule has 1 aromatic carbocycles. The Labute approximate surface area is 165 Å². The highest BCUT2D eigenvalue weighted by atomic mass is 19.4. The Morgan fingerprint density at radius 1 is 1.00 bits per heavy atom. The molecule has 7 nitrogen and oxygen atoms in total. The summed E-state index contributed by atoms with van der Waals surface area (Å²) in [7, 11) is 0. The third kappa shape index (κ3) is 5.59. The van der Waals surface area contributed by atoms with E-state index in [1.165, 1.54) is 0 Å². The number of benzene rings is 1. The van der Waals surface area contributed by atoms with Crippen LogP contribution in [0.1, 0.15) is 5.56 Å². The molecule has 2 aromatic rings. The summed E-state index contributed by atoms with van der Waals surface area (Å²) in [6.45, 7) is 2.09. The van der Waals surface area contributed by atoms with E-state index >= 15 is 0 Å². The average Bonchev–Trinajstić information content (AvgIpc) is 2.72. The van der Waals surface area contributed by atoms with Crippen LogP contribution in [0.4, 0.5) is 29.5 Å². The summed E-state index contributed by atoms with van der Waals surface area (Å²) in [5.74, 6) is -0.595. The Balaban J connectivity index is 1.42. The van der Waals surface area contributed by atoms with Gasteiger partial charge in [0.1, 0.15) is 5.82 Å². The lowest BCUT2D eigenvalue weighted by molar-refractivity contribution is -0.137. The van der Waals surface area contributed by atoms with Crippen LogP contribution in [0.5, 0.6) is 0 Å². The van der Waals surface area contributed by atoms with Gasteiger partial charge in [0.2, 0.25) is 5.91 Å². The number of carbonyl (C=O) groups is 2. The number of halogens is 3. The third-order valence-corrected chi connectivity index (χ3v) is 4.45. The minimum absolute atomic E-state index is 0.0197. The molecule has 10 heteroatoms. The van der Waals surface area contributed by atoms with Gasteiger partial charge in [0.25, 0.3) is 0 Å². The van der Waals surface area contributed by atoms with Crippen molar-refractivity contribution in [2.45, 2.75) is 6.18 Å². The van der Waals surface area contributed by atoms with E-state index in [1.54, 1.807) is 4.90 Å². The van der Waals surface area contributed by atoms with Crippen LogP contribution in [0.25, 0.3) is 0 Å². The average molecular weight is 407 g/mol. The van der Waals surface area contributed by atoms with Crippen molar-refractivity contribution in [3.8, 4) is 0 Å². The number of nitrogens with one attached hydrogen (secondary N) is 2. The van der Waals surface area contributed by atoms with E-state index in [4.69, 9.17) is 0 Å². The Bertz CT molecular complexity index is 835. The minimum atomic E-state index is -4.49. The number of rotatable bonds is 4. The first kappa shape index (κ1) is 20.4. The summed E-state index contributed by atoms with van der Waals surface area (Å²) in [6.07, 6.45) is -3.85. The van der Waals surface area contributed by atoms with Crippen molar-refractivity contribution >= 4 is 23.4 Å². The Kier molecular flexibility index (Phi) is 6.20. The van der Waals surface area contributed by atoms with Crippen molar-refractivity contribution in [1.82, 2.24) is 15.2 Å². The number of hydrogen-bond donors (Lipinski definition) is 2. The smallest absolute Gasteiger partial charge is 0.368 e. The fraction of sp³-hybridized carbons (Fsp3) is 0.316. The maximum atomic E-state index is 12.5. The van der Waals surface area contributed by atoms with Crippen LogP contribution >= 0.6 is 0 Å². The second-order valence-electron chi connectivity index (χ2n) is 6.45. The van der Waals surface area contributed by atoms with E-state index in [0.29, 0.717) is 32.4 Å². The molecule has 3 rings (SSSR count). The molecule has 1 aromatic heterocycles. The number of nitrogens with zero attached hydrogens (tertiary/aromatic N) is 3. The molecule has 2 N–H and O–H groups in total. The molecule has 0 saturated carbocycles. The van der Waals surface area contributed by atoms with E-state index in [-0.39, 0.29) is 18.4 Å². The summed E-state index contributed by atoms with van der Waals surface area (Å²) < 4.78 is 37.5. The third-order valence-electron chi connectivity index (χ3n) is 4.45. The van der Waals surface area contributed by atoms with Gasteiger partial charge in [-0.05, 0) is 24.3 Å². The molecule has 0 unspecified atom stereocenters. The molecular weight excluding hydrogens is 387 g/mol. The van der Waals surface area contributed by atoms with Crippen LogP contribution in [0.3, 0.4) is 0 Å². The van der Waals surface area contributed by atoms with Gasteiger partial charge in [0.05, 0.1) is 12.1 Å². The number of hydrogen-bond acceptors (Lipinski definition) is 4. The Morgan fingerprint density at radius 2 is 1.69 bits per heavy atom. The predicted molar refractivity (Wildman–Crippen MR) is 101 cm³/mol. The number of piperazine rings is 1. The number of pyridine rings is 1. The van der Waals surface area contributed by atoms with Crippen molar-refractivity contribution in [2.75, 3.05) is 42.9 Å². The summed E-state index contributed by atoms with van der Waals surface area (Å²) >= 11 is 0. The quantitative estimate of drug-likeness (QED) is 0.817. The van der Waals surface area contributed by atoms with E-state index < -0.39 is 17.6 Å². The van der Waals surface area contributed by atoms with Gasteiger partial charge in [0, 0.05) is 38.1 Å². The first-order valence-electron chi connectivity index (χ1n) is 8.99. The molecule has 0 atom stereocenters. The monoisotopic (exact) mass is 407 g/mol. The van der Waals surface area contributed by atoms with E-state index in [1.807, 2.05) is 30.3 Å². The molecule has 2 heterocycles. The lowest BCUT2D eigenvalue weighted by Gasteiger charge is -2.36. The molecular formula is C19H20F3N5O2. The van der Waals surface area contributed by atoms with Gasteiger partial charge in [-0.2, -0.15) is 13.2 Å². The molecule has 1 fully saturated rings. The number of urea groups is 1. The van der Waals surface area contributed by atoms with Crippen LogP contribution in [-0.2, 0) is 11.0 Å². The van der Waals surface area contributed by atoms with Crippen molar-refractivity contribution < 1.29 is 22.8 Å². The second kappa shape index (κ2) is 8.80. The summed E-state index contributed by atoms with van der Waals surface area (Å²) in [5.41, 5.74) is 0.189. The van der Waals surface area contributed by atoms with Crippen molar-refractivity contribution in [3.05, 3.63) is 54.2 Å². The van der Waals surface area contributed by atoms with Gasteiger partial charge in [-0.25, -0.2) is 9.78 Å². The van der Waals surface area contributed by atoms with Gasteiger partial charge < -0.3 is 20.4 Å². The summed E-state index contributed by atoms with van der Waals surface area (Å²) in [4.78, 5) is 31.5. The molecule has 1 saturated heterocycles. The number of alkyl halides is 3. The first-order valence-corrected chi connectivity index (χ1v) is 8.99. The zero-order valence-electron chi connectivity index (χ0n) is 15.4. The standard InChI is InChI=1S/C19H20F3N5O2/c20-19(21,22)14-6-7-16(23-12-14)25-17(28)13-24-18(29)27-10-8-26(9-11-27)15-4-2-1-3-5-15/h1-7,12H,8-11,13H2,(H,24,29)(H,23,25,28). The normalized spacial score (nSPS) is 14.4. The number of anilines is 2. The van der Waals surface area contributed by atoms with E-state index in [0.717, 1.165) is 17.8 Å². The van der Waals surface area contributed by atoms with Gasteiger partial charge in [-0.3, -0.25) is 4.79 Å². The molecule has 3 amide bonds. The lowest BCUT2D eigenvalue weighted by atomic mass is 10.2. The highest BCUT2D eigenvalue weighted by Crippen LogP contribution is 2.28. The highest BCUT2D eigenvalue weighted by Gasteiger charge is 2.30. The second-order valence-corrected chi connectivity index (χ2v) is 6.45. The van der Waals surface area contributed by atoms with Crippen LogP contribution in [0.15, 0.2) is 48.7 Å². The van der Waals surface area contributed by atoms with Crippen molar-refractivity contribution in [3.63, 3.8) is 0 Å². The highest BCUT2D eigenvalue weighted by molar-refractivity contribution is 5.93. The topological polar surface area (TPSA) is 77.6 Å². The van der Waals surface area contributed by atoms with Crippen LogP contribution < -0.4 is 15.5 Å². The lowest BCUT2D eigenvalue weighted by Crippen LogP contribution is -2.52. The SMILES string of the molecule is O=C(CNC(=O)N1CCN(c2ccccc2)CC1)Nc1ccc(C(F)(F)F)cn1. The molecule has 1 aliphatic heterocycles. The number of para-hydroxylation sites is 1. The number of carbonyl (C=O) groups excluding carboxylic acids is 2. The van der Waals surface area contributed by atoms with Crippen molar-refractivity contribution in [2.24, 2.45) is 0 Å². The molecule has 154 valence electrons. The molecule has 29 heavy (non-hydrogen) atoms. The maximum Gasteiger partial charge on any atom is 0.417 e. The van der Waals surface area contributed by atoms with Crippen LogP contribution in [-0.4, -0.2) is 54.5 Å². The van der Waals surface area contributed by atoms with Crippen LogP contribution in [0.2, 0.25) is 0 Å².